The molecular weight excluding hydrogens is 382 g/mol. The molecule has 2 aromatic rings. The van der Waals surface area contributed by atoms with Crippen LogP contribution in [0.2, 0.25) is 0 Å². The van der Waals surface area contributed by atoms with E-state index in [1.165, 1.54) is 5.01 Å². The quantitative estimate of drug-likeness (QED) is 0.840. The highest BCUT2D eigenvalue weighted by molar-refractivity contribution is 9.10. The third-order valence-electron chi connectivity index (χ3n) is 4.01. The maximum Gasteiger partial charge on any atom is 0.271 e. The zero-order valence-corrected chi connectivity index (χ0v) is 15.6. The first-order chi connectivity index (χ1) is 12.0. The van der Waals surface area contributed by atoms with Gasteiger partial charge in [0.05, 0.1) is 11.4 Å². The summed E-state index contributed by atoms with van der Waals surface area (Å²) < 4.78 is 0.809. The van der Waals surface area contributed by atoms with Gasteiger partial charge in [-0.05, 0) is 59.1 Å². The second-order valence-corrected chi connectivity index (χ2v) is 6.83. The van der Waals surface area contributed by atoms with E-state index in [0.29, 0.717) is 23.5 Å². The predicted octanol–water partition coefficient (Wildman–Crippen LogP) is 4.19. The molecule has 0 saturated carbocycles. The zero-order valence-electron chi connectivity index (χ0n) is 14.0. The summed E-state index contributed by atoms with van der Waals surface area (Å²) in [4.78, 5) is 24.8. The van der Waals surface area contributed by atoms with Crippen molar-refractivity contribution in [3.8, 4) is 0 Å². The third kappa shape index (κ3) is 3.79. The van der Waals surface area contributed by atoms with Crippen LogP contribution in [0.1, 0.15) is 24.0 Å². The van der Waals surface area contributed by atoms with Gasteiger partial charge in [-0.25, -0.2) is 5.01 Å². The Morgan fingerprint density at radius 1 is 1.16 bits per heavy atom. The molecule has 2 amide bonds. The topological polar surface area (TPSA) is 61.8 Å². The van der Waals surface area contributed by atoms with E-state index in [-0.39, 0.29) is 18.2 Å². The van der Waals surface area contributed by atoms with Gasteiger partial charge in [-0.2, -0.15) is 5.10 Å². The normalized spacial score (nSPS) is 14.3. The standard InChI is InChI=1S/C19H18BrN3O2/c1-12-7-8-15(14(20)11-12)21-19(25)16-9-10-18(24)23(22-16)17-6-4-3-5-13(17)2/h3-8,11H,9-10H2,1-2H3,(H,21,25). The molecule has 1 N–H and O–H groups in total. The SMILES string of the molecule is Cc1ccc(NC(=O)C2=NN(c3ccccc3C)C(=O)CC2)c(Br)c1. The number of hydrazone groups is 1. The second kappa shape index (κ2) is 7.19. The molecule has 0 aromatic heterocycles. The molecule has 0 aliphatic carbocycles. The van der Waals surface area contributed by atoms with E-state index >= 15 is 0 Å². The lowest BCUT2D eigenvalue weighted by molar-refractivity contribution is -0.118. The Kier molecular flexibility index (Phi) is 4.99. The van der Waals surface area contributed by atoms with Crippen LogP contribution in [-0.4, -0.2) is 17.5 Å². The van der Waals surface area contributed by atoms with Crippen molar-refractivity contribution in [3.63, 3.8) is 0 Å². The number of amides is 2. The number of hydrogen-bond acceptors (Lipinski definition) is 3. The number of hydrogen-bond donors (Lipinski definition) is 1. The molecule has 1 heterocycles. The van der Waals surface area contributed by atoms with Gasteiger partial charge in [0.25, 0.3) is 5.91 Å². The maximum atomic E-state index is 12.6. The molecule has 25 heavy (non-hydrogen) atoms. The molecule has 5 nitrogen and oxygen atoms in total. The summed E-state index contributed by atoms with van der Waals surface area (Å²) in [6.07, 6.45) is 0.589. The molecule has 0 spiro atoms. The van der Waals surface area contributed by atoms with Gasteiger partial charge >= 0.3 is 0 Å². The Hall–Kier alpha value is -2.47. The molecule has 0 saturated heterocycles. The fourth-order valence-electron chi connectivity index (χ4n) is 2.62. The van der Waals surface area contributed by atoms with Crippen molar-refractivity contribution in [2.75, 3.05) is 10.3 Å². The fourth-order valence-corrected chi connectivity index (χ4v) is 3.21. The van der Waals surface area contributed by atoms with Crippen LogP contribution >= 0.6 is 15.9 Å². The van der Waals surface area contributed by atoms with Crippen LogP contribution in [0.25, 0.3) is 0 Å². The molecule has 3 rings (SSSR count). The minimum atomic E-state index is -0.296. The molecule has 0 bridgehead atoms. The first-order valence-electron chi connectivity index (χ1n) is 7.99. The van der Waals surface area contributed by atoms with Crippen molar-refractivity contribution in [2.45, 2.75) is 26.7 Å². The van der Waals surface area contributed by atoms with Crippen molar-refractivity contribution in [1.29, 1.82) is 0 Å². The largest absolute Gasteiger partial charge is 0.320 e. The van der Waals surface area contributed by atoms with Gasteiger partial charge in [0.2, 0.25) is 5.91 Å². The molecule has 0 atom stereocenters. The van der Waals surface area contributed by atoms with Crippen LogP contribution in [0.4, 0.5) is 11.4 Å². The maximum absolute atomic E-state index is 12.6. The number of anilines is 2. The summed E-state index contributed by atoms with van der Waals surface area (Å²) in [5.74, 6) is -0.405. The average Bonchev–Trinajstić information content (AvgIpc) is 2.58. The van der Waals surface area contributed by atoms with Crippen molar-refractivity contribution >= 4 is 44.8 Å². The summed E-state index contributed by atoms with van der Waals surface area (Å²) in [5.41, 5.74) is 3.75. The summed E-state index contributed by atoms with van der Waals surface area (Å²) in [5, 5.41) is 8.50. The third-order valence-corrected chi connectivity index (χ3v) is 4.67. The smallest absolute Gasteiger partial charge is 0.271 e. The molecular formula is C19H18BrN3O2. The highest BCUT2D eigenvalue weighted by Crippen LogP contribution is 2.26. The summed E-state index contributed by atoms with van der Waals surface area (Å²) in [7, 11) is 0. The highest BCUT2D eigenvalue weighted by atomic mass is 79.9. The molecule has 0 unspecified atom stereocenters. The van der Waals surface area contributed by atoms with Crippen LogP contribution < -0.4 is 10.3 Å². The number of rotatable bonds is 3. The first kappa shape index (κ1) is 17.4. The molecule has 6 heteroatoms. The fraction of sp³-hybridized carbons (Fsp3) is 0.211. The van der Waals surface area contributed by atoms with E-state index in [4.69, 9.17) is 0 Å². The molecule has 1 aliphatic heterocycles. The number of halogens is 1. The number of carbonyl (C=O) groups excluding carboxylic acids is 2. The average molecular weight is 400 g/mol. The van der Waals surface area contributed by atoms with Crippen LogP contribution in [0.3, 0.4) is 0 Å². The Labute approximate surface area is 154 Å². The van der Waals surface area contributed by atoms with Crippen molar-refractivity contribution in [1.82, 2.24) is 0 Å². The van der Waals surface area contributed by atoms with Gasteiger partial charge in [0.15, 0.2) is 0 Å². The van der Waals surface area contributed by atoms with E-state index in [9.17, 15) is 9.59 Å². The Morgan fingerprint density at radius 3 is 2.64 bits per heavy atom. The van der Waals surface area contributed by atoms with E-state index in [1.54, 1.807) is 0 Å². The number of nitrogens with zero attached hydrogens (tertiary/aromatic N) is 2. The number of nitrogens with one attached hydrogen (secondary N) is 1. The number of carbonyl (C=O) groups is 2. The van der Waals surface area contributed by atoms with Gasteiger partial charge in [-0.3, -0.25) is 9.59 Å². The minimum absolute atomic E-state index is 0.109. The summed E-state index contributed by atoms with van der Waals surface area (Å²) >= 11 is 3.45. The minimum Gasteiger partial charge on any atom is -0.320 e. The van der Waals surface area contributed by atoms with Gasteiger partial charge in [-0.1, -0.05) is 24.3 Å². The zero-order chi connectivity index (χ0) is 18.0. The lowest BCUT2D eigenvalue weighted by Crippen LogP contribution is -2.36. The van der Waals surface area contributed by atoms with Crippen LogP contribution in [0, 0.1) is 13.8 Å². The Morgan fingerprint density at radius 2 is 1.92 bits per heavy atom. The van der Waals surface area contributed by atoms with E-state index < -0.39 is 0 Å². The van der Waals surface area contributed by atoms with Crippen LogP contribution in [0.15, 0.2) is 52.0 Å². The highest BCUT2D eigenvalue weighted by Gasteiger charge is 2.26. The molecule has 1 aliphatic rings. The molecule has 0 radical (unpaired) electrons. The molecule has 2 aromatic carbocycles. The molecule has 128 valence electrons. The van der Waals surface area contributed by atoms with E-state index in [0.717, 1.165) is 15.6 Å². The lowest BCUT2D eigenvalue weighted by atomic mass is 10.1. The second-order valence-electron chi connectivity index (χ2n) is 5.98. The van der Waals surface area contributed by atoms with Crippen molar-refractivity contribution < 1.29 is 9.59 Å². The number of benzene rings is 2. The Balaban J connectivity index is 1.86. The number of aryl methyl sites for hydroxylation is 2. The molecule has 0 fully saturated rings. The van der Waals surface area contributed by atoms with Gasteiger partial charge in [0, 0.05) is 17.3 Å². The summed E-state index contributed by atoms with van der Waals surface area (Å²) in [6, 6.07) is 13.2. The van der Waals surface area contributed by atoms with Crippen molar-refractivity contribution in [2.24, 2.45) is 5.10 Å². The Bertz CT molecular complexity index is 877. The van der Waals surface area contributed by atoms with Crippen LogP contribution in [0.5, 0.6) is 0 Å². The van der Waals surface area contributed by atoms with E-state index in [1.807, 2.05) is 56.3 Å². The van der Waals surface area contributed by atoms with Gasteiger partial charge in [-0.15, -0.1) is 0 Å². The monoisotopic (exact) mass is 399 g/mol. The predicted molar refractivity (Wildman–Crippen MR) is 103 cm³/mol. The summed E-state index contributed by atoms with van der Waals surface area (Å²) in [6.45, 7) is 3.89. The van der Waals surface area contributed by atoms with Crippen LogP contribution in [-0.2, 0) is 9.59 Å². The number of para-hydroxylation sites is 1. The van der Waals surface area contributed by atoms with Gasteiger partial charge in [0.1, 0.15) is 5.71 Å². The first-order valence-corrected chi connectivity index (χ1v) is 8.78. The lowest BCUT2D eigenvalue weighted by Gasteiger charge is -2.24. The van der Waals surface area contributed by atoms with Crippen molar-refractivity contribution in [3.05, 3.63) is 58.1 Å². The van der Waals surface area contributed by atoms with E-state index in [2.05, 4.69) is 26.3 Å². The van der Waals surface area contributed by atoms with Gasteiger partial charge < -0.3 is 5.32 Å².